The Balaban J connectivity index is 0. The number of benzene rings is 8. The number of fused-ring (bicyclic) bond motifs is 2. The fraction of sp³-hybridized carbons (Fsp3) is 0.371. The summed E-state index contributed by atoms with van der Waals surface area (Å²) in [7, 11) is 13.4. The van der Waals surface area contributed by atoms with Crippen molar-refractivity contribution in [2.75, 3.05) is 110 Å². The minimum Gasteiger partial charge on any atom is -0.385 e. The molecule has 78 heavy (non-hydrogen) atoms. The molecule has 0 aliphatic rings. The third kappa shape index (κ3) is 33.3. The van der Waals surface area contributed by atoms with Crippen LogP contribution in [0.5, 0.6) is 0 Å². The minimum atomic E-state index is 0.266. The molecule has 428 valence electrons. The van der Waals surface area contributed by atoms with Crippen molar-refractivity contribution in [3.63, 3.8) is 0 Å². The van der Waals surface area contributed by atoms with Crippen molar-refractivity contribution >= 4 is 21.5 Å². The van der Waals surface area contributed by atoms with E-state index in [1.807, 2.05) is 55.4 Å². The van der Waals surface area contributed by atoms with Crippen molar-refractivity contribution in [2.24, 2.45) is 0 Å². The van der Waals surface area contributed by atoms with Gasteiger partial charge in [-0.25, -0.2) is 0 Å². The first-order chi connectivity index (χ1) is 38.2. The molecule has 0 atom stereocenters. The van der Waals surface area contributed by atoms with Gasteiger partial charge >= 0.3 is 0 Å². The number of hydrogen-bond acceptors (Lipinski definition) is 8. The molecule has 0 saturated heterocycles. The highest BCUT2D eigenvalue weighted by Gasteiger charge is 2.27. The predicted molar refractivity (Wildman–Crippen MR) is 337 cm³/mol. The van der Waals surface area contributed by atoms with E-state index < -0.39 is 0 Å². The lowest BCUT2D eigenvalue weighted by atomic mass is 9.74. The Morgan fingerprint density at radius 3 is 0.577 bits per heavy atom. The fourth-order valence-corrected chi connectivity index (χ4v) is 6.72. The standard InChI is InChI=1S/C26H22.C20H14.8C3H8O/c1-5-13-21(14-6-1)25(22-15-7-2-8-16-22)26(23-17-9-3-10-18-23)24-19-11-4-12-20-24;1-3-11-17-15(7-1)9-5-13-19(17)20-14-6-10-16-8-2-4-12-18(16)20;8*1-3-4-2/h1-20,25-26H;1-14H;8*3H2,1-2H3. The van der Waals surface area contributed by atoms with E-state index in [9.17, 15) is 0 Å². The topological polar surface area (TPSA) is 73.8 Å². The number of hydrogen-bond donors (Lipinski definition) is 0. The normalized spacial score (nSPS) is 9.56. The smallest absolute Gasteiger partial charge is 0.0433 e. The van der Waals surface area contributed by atoms with Crippen molar-refractivity contribution in [3.05, 3.63) is 229 Å². The van der Waals surface area contributed by atoms with Crippen LogP contribution in [0.15, 0.2) is 206 Å². The second kappa shape index (κ2) is 54.3. The maximum Gasteiger partial charge on any atom is 0.0433 e. The maximum atomic E-state index is 4.54. The second-order valence-electron chi connectivity index (χ2n) is 16.3. The van der Waals surface area contributed by atoms with Crippen molar-refractivity contribution in [1.82, 2.24) is 0 Å². The summed E-state index contributed by atoms with van der Waals surface area (Å²) in [6, 6.07) is 73.6. The molecule has 0 radical (unpaired) electrons. The first kappa shape index (κ1) is 74.0. The predicted octanol–water partition coefficient (Wildman–Crippen LogP) is 17.5. The molecule has 0 amide bonds. The molecule has 8 aromatic rings. The molecule has 0 N–H and O–H groups in total. The van der Waals surface area contributed by atoms with Crippen LogP contribution in [0, 0.1) is 0 Å². The van der Waals surface area contributed by atoms with E-state index >= 15 is 0 Å². The lowest BCUT2D eigenvalue weighted by Gasteiger charge is -2.29. The summed E-state index contributed by atoms with van der Waals surface area (Å²) in [5, 5.41) is 5.20. The zero-order valence-corrected chi connectivity index (χ0v) is 50.7. The van der Waals surface area contributed by atoms with Gasteiger partial charge in [0, 0.05) is 122 Å². The third-order valence-electron chi connectivity index (χ3n) is 11.1. The van der Waals surface area contributed by atoms with Gasteiger partial charge in [0.25, 0.3) is 0 Å². The Morgan fingerprint density at radius 2 is 0.385 bits per heavy atom. The van der Waals surface area contributed by atoms with Gasteiger partial charge in [-0.15, -0.1) is 0 Å². The van der Waals surface area contributed by atoms with E-state index in [1.54, 1.807) is 56.9 Å². The van der Waals surface area contributed by atoms with Gasteiger partial charge in [0.15, 0.2) is 0 Å². The van der Waals surface area contributed by atoms with Crippen LogP contribution in [0.25, 0.3) is 32.7 Å². The van der Waals surface area contributed by atoms with Crippen LogP contribution in [0.4, 0.5) is 0 Å². The van der Waals surface area contributed by atoms with Gasteiger partial charge in [-0.2, -0.15) is 0 Å². The molecule has 0 fully saturated rings. The maximum absolute atomic E-state index is 4.54. The summed E-state index contributed by atoms with van der Waals surface area (Å²) >= 11 is 0. The summed E-state index contributed by atoms with van der Waals surface area (Å²) in [4.78, 5) is 0. The Labute approximate surface area is 474 Å². The quantitative estimate of drug-likeness (QED) is 0.107. The molecule has 8 aromatic carbocycles. The van der Waals surface area contributed by atoms with Gasteiger partial charge in [-0.3, -0.25) is 0 Å². The van der Waals surface area contributed by atoms with Crippen LogP contribution >= 0.6 is 0 Å². The van der Waals surface area contributed by atoms with E-state index in [0.717, 1.165) is 52.9 Å². The SMILES string of the molecule is CCOC.CCOC.CCOC.CCOC.CCOC.CCOC.CCOC.CCOC.c1ccc(C(c2ccccc2)C(c2ccccc2)c2ccccc2)cc1.c1ccc2c(-c3cccc4ccccc34)cccc2c1. The Morgan fingerprint density at radius 1 is 0.218 bits per heavy atom. The van der Waals surface area contributed by atoms with Crippen LogP contribution < -0.4 is 0 Å². The molecule has 0 heterocycles. The fourth-order valence-electron chi connectivity index (χ4n) is 6.72. The molecular weight excluding hydrogens is 969 g/mol. The van der Waals surface area contributed by atoms with Crippen molar-refractivity contribution in [1.29, 1.82) is 0 Å². The highest BCUT2D eigenvalue weighted by atomic mass is 16.5. The Bertz CT molecular complexity index is 2140. The molecule has 8 nitrogen and oxygen atoms in total. The van der Waals surface area contributed by atoms with Crippen LogP contribution in [-0.4, -0.2) is 110 Å². The summed E-state index contributed by atoms with van der Waals surface area (Å²) in [5.41, 5.74) is 7.99. The van der Waals surface area contributed by atoms with Gasteiger partial charge in [0.1, 0.15) is 0 Å². The lowest BCUT2D eigenvalue weighted by Crippen LogP contribution is -2.14. The molecule has 0 spiro atoms. The van der Waals surface area contributed by atoms with E-state index in [0.29, 0.717) is 0 Å². The van der Waals surface area contributed by atoms with Crippen molar-refractivity contribution in [2.45, 2.75) is 67.2 Å². The summed E-state index contributed by atoms with van der Waals surface area (Å²) < 4.78 is 36.3. The molecule has 0 saturated carbocycles. The van der Waals surface area contributed by atoms with Gasteiger partial charge in [-0.05, 0) is 110 Å². The molecule has 8 heteroatoms. The number of ether oxygens (including phenoxy) is 8. The van der Waals surface area contributed by atoms with Crippen LogP contribution in [0.3, 0.4) is 0 Å². The highest BCUT2D eigenvalue weighted by molar-refractivity contribution is 6.05. The molecule has 0 aromatic heterocycles. The Hall–Kier alpha value is -6.04. The van der Waals surface area contributed by atoms with Gasteiger partial charge < -0.3 is 37.9 Å². The minimum absolute atomic E-state index is 0.266. The largest absolute Gasteiger partial charge is 0.385 e. The molecule has 0 aliphatic heterocycles. The summed E-state index contributed by atoms with van der Waals surface area (Å²) in [6.45, 7) is 22.2. The highest BCUT2D eigenvalue weighted by Crippen LogP contribution is 2.42. The van der Waals surface area contributed by atoms with Crippen molar-refractivity contribution < 1.29 is 37.9 Å². The number of methoxy groups -OCH3 is 8. The van der Waals surface area contributed by atoms with Crippen LogP contribution in [0.2, 0.25) is 0 Å². The van der Waals surface area contributed by atoms with E-state index in [2.05, 4.69) is 244 Å². The Kier molecular flexibility index (Phi) is 51.6. The van der Waals surface area contributed by atoms with E-state index in [1.165, 1.54) is 54.9 Å². The zero-order valence-electron chi connectivity index (χ0n) is 50.7. The van der Waals surface area contributed by atoms with Crippen LogP contribution in [0.1, 0.15) is 89.5 Å². The van der Waals surface area contributed by atoms with E-state index in [-0.39, 0.29) is 11.8 Å². The third-order valence-corrected chi connectivity index (χ3v) is 11.1. The summed E-state index contributed by atoms with van der Waals surface area (Å²) in [6.07, 6.45) is 0. The van der Waals surface area contributed by atoms with E-state index in [4.69, 9.17) is 0 Å². The van der Waals surface area contributed by atoms with Gasteiger partial charge in [-0.1, -0.05) is 206 Å². The average Bonchev–Trinajstić information content (AvgIpc) is 3.53. The zero-order chi connectivity index (χ0) is 58.3. The molecule has 0 bridgehead atoms. The first-order valence-electron chi connectivity index (χ1n) is 27.3. The molecule has 0 unspecified atom stereocenters. The average molecular weight is 1070 g/mol. The second-order valence-corrected chi connectivity index (χ2v) is 16.3. The number of rotatable bonds is 14. The monoisotopic (exact) mass is 1070 g/mol. The van der Waals surface area contributed by atoms with Gasteiger partial charge in [0.2, 0.25) is 0 Å². The molecular formula is C70H100O8. The van der Waals surface area contributed by atoms with Gasteiger partial charge in [0.05, 0.1) is 0 Å². The molecule has 8 rings (SSSR count). The lowest BCUT2D eigenvalue weighted by molar-refractivity contribution is 0.215. The summed E-state index contributed by atoms with van der Waals surface area (Å²) in [5.74, 6) is 0.532. The van der Waals surface area contributed by atoms with Crippen LogP contribution in [-0.2, 0) is 37.9 Å². The molecule has 0 aliphatic carbocycles. The van der Waals surface area contributed by atoms with Crippen molar-refractivity contribution in [3.8, 4) is 11.1 Å². The first-order valence-corrected chi connectivity index (χ1v) is 27.3.